The molecule has 2 heterocycles. The molecule has 0 saturated carbocycles. The van der Waals surface area contributed by atoms with Crippen LogP contribution in [0.3, 0.4) is 0 Å². The third kappa shape index (κ3) is 4.41. The second-order valence-electron chi connectivity index (χ2n) is 6.81. The number of nitrogens with zero attached hydrogens (tertiary/aromatic N) is 2. The van der Waals surface area contributed by atoms with Gasteiger partial charge in [-0.1, -0.05) is 30.3 Å². The molecule has 1 aliphatic heterocycles. The number of para-hydroxylation sites is 2. The maximum absolute atomic E-state index is 13.0. The van der Waals surface area contributed by atoms with Crippen molar-refractivity contribution in [3.8, 4) is 5.75 Å². The first-order valence-corrected chi connectivity index (χ1v) is 10.4. The van der Waals surface area contributed by atoms with Gasteiger partial charge in [-0.15, -0.1) is 11.3 Å². The Balaban J connectivity index is 1.50. The van der Waals surface area contributed by atoms with Crippen molar-refractivity contribution >= 4 is 40.2 Å². The number of hydrogen-bond acceptors (Lipinski definition) is 5. The molecule has 2 aromatic carbocycles. The molecule has 0 saturated heterocycles. The van der Waals surface area contributed by atoms with Crippen molar-refractivity contribution in [1.29, 1.82) is 0 Å². The molecule has 1 N–H and O–H groups in total. The van der Waals surface area contributed by atoms with E-state index in [-0.39, 0.29) is 24.8 Å². The number of thiophene rings is 1. The molecule has 152 valence electrons. The Morgan fingerprint density at radius 2 is 2.03 bits per heavy atom. The maximum Gasteiger partial charge on any atom is 0.240 e. The van der Waals surface area contributed by atoms with E-state index in [4.69, 9.17) is 9.73 Å². The van der Waals surface area contributed by atoms with Crippen LogP contribution in [0.1, 0.15) is 16.9 Å². The molecule has 1 aromatic heterocycles. The first kappa shape index (κ1) is 19.8. The van der Waals surface area contributed by atoms with Crippen molar-refractivity contribution in [3.63, 3.8) is 0 Å². The molecule has 0 fully saturated rings. The summed E-state index contributed by atoms with van der Waals surface area (Å²) in [6.45, 7) is 0.295. The highest BCUT2D eigenvalue weighted by molar-refractivity contribution is 7.12. The summed E-state index contributed by atoms with van der Waals surface area (Å²) in [7, 11) is 1.60. The second kappa shape index (κ2) is 8.92. The molecule has 0 bridgehead atoms. The van der Waals surface area contributed by atoms with Crippen LogP contribution in [0.2, 0.25) is 0 Å². The summed E-state index contributed by atoms with van der Waals surface area (Å²) in [6, 6.07) is 18.8. The third-order valence-corrected chi connectivity index (χ3v) is 5.70. The Hall–Kier alpha value is -3.45. The van der Waals surface area contributed by atoms with E-state index in [2.05, 4.69) is 5.32 Å². The summed E-state index contributed by atoms with van der Waals surface area (Å²) in [6.07, 6.45) is 0.151. The lowest BCUT2D eigenvalue weighted by atomic mass is 10.2. The summed E-state index contributed by atoms with van der Waals surface area (Å²) in [5, 5.41) is 4.85. The van der Waals surface area contributed by atoms with Crippen LogP contribution in [-0.2, 0) is 16.1 Å². The topological polar surface area (TPSA) is 71.0 Å². The van der Waals surface area contributed by atoms with Gasteiger partial charge in [-0.2, -0.15) is 0 Å². The standard InChI is InChI=1S/C23H21N3O3S/c1-29-17-7-4-6-16(12-17)14-24-22(27)15-26-20-9-3-2-8-18(20)25-19(13-23(26)28)21-10-5-11-30-21/h2-12H,13-15H2,1H3,(H,24,27). The molecule has 0 radical (unpaired) electrons. The van der Waals surface area contributed by atoms with Crippen LogP contribution < -0.4 is 15.0 Å². The van der Waals surface area contributed by atoms with E-state index in [0.29, 0.717) is 17.9 Å². The number of hydrogen-bond donors (Lipinski definition) is 1. The average molecular weight is 420 g/mol. The van der Waals surface area contributed by atoms with Crippen LogP contribution in [0.4, 0.5) is 11.4 Å². The number of carbonyl (C=O) groups excluding carboxylic acids is 2. The first-order chi connectivity index (χ1) is 14.6. The largest absolute Gasteiger partial charge is 0.497 e. The minimum atomic E-state index is -0.236. The predicted molar refractivity (Wildman–Crippen MR) is 119 cm³/mol. The number of carbonyl (C=O) groups is 2. The summed E-state index contributed by atoms with van der Waals surface area (Å²) < 4.78 is 5.21. The van der Waals surface area contributed by atoms with Crippen molar-refractivity contribution in [3.05, 3.63) is 76.5 Å². The molecule has 0 aliphatic carbocycles. The first-order valence-electron chi connectivity index (χ1n) is 9.54. The Kier molecular flexibility index (Phi) is 5.90. The molecule has 6 nitrogen and oxygen atoms in total. The van der Waals surface area contributed by atoms with Gasteiger partial charge in [0, 0.05) is 11.4 Å². The van der Waals surface area contributed by atoms with Gasteiger partial charge < -0.3 is 15.0 Å². The highest BCUT2D eigenvalue weighted by Gasteiger charge is 2.26. The van der Waals surface area contributed by atoms with Crippen molar-refractivity contribution in [2.24, 2.45) is 4.99 Å². The van der Waals surface area contributed by atoms with Crippen LogP contribution in [0.15, 0.2) is 71.0 Å². The minimum Gasteiger partial charge on any atom is -0.497 e. The van der Waals surface area contributed by atoms with E-state index in [1.54, 1.807) is 18.4 Å². The average Bonchev–Trinajstić information content (AvgIpc) is 3.27. The Bertz CT molecular complexity index is 1090. The normalized spacial score (nSPS) is 13.3. The fourth-order valence-electron chi connectivity index (χ4n) is 3.29. The summed E-state index contributed by atoms with van der Waals surface area (Å²) in [4.78, 5) is 32.9. The number of nitrogens with one attached hydrogen (secondary N) is 1. The number of methoxy groups -OCH3 is 1. The van der Waals surface area contributed by atoms with Gasteiger partial charge in [-0.3, -0.25) is 9.59 Å². The van der Waals surface area contributed by atoms with Gasteiger partial charge in [-0.05, 0) is 41.3 Å². The number of aliphatic imine (C=N–C) groups is 1. The minimum absolute atomic E-state index is 0.0624. The number of fused-ring (bicyclic) bond motifs is 1. The monoisotopic (exact) mass is 419 g/mol. The molecular formula is C23H21N3O3S. The zero-order chi connectivity index (χ0) is 20.9. The van der Waals surface area contributed by atoms with Crippen LogP contribution in [0.25, 0.3) is 0 Å². The Morgan fingerprint density at radius 3 is 2.83 bits per heavy atom. The van der Waals surface area contributed by atoms with E-state index in [9.17, 15) is 9.59 Å². The van der Waals surface area contributed by atoms with Gasteiger partial charge in [0.25, 0.3) is 0 Å². The van der Waals surface area contributed by atoms with Crippen molar-refractivity contribution in [2.75, 3.05) is 18.6 Å². The fraction of sp³-hybridized carbons (Fsp3) is 0.174. The van der Waals surface area contributed by atoms with Crippen LogP contribution in [-0.4, -0.2) is 31.2 Å². The molecule has 2 amide bonds. The predicted octanol–water partition coefficient (Wildman–Crippen LogP) is 3.93. The van der Waals surface area contributed by atoms with Gasteiger partial charge in [0.15, 0.2) is 0 Å². The molecule has 1 aliphatic rings. The number of amides is 2. The van der Waals surface area contributed by atoms with Gasteiger partial charge >= 0.3 is 0 Å². The van der Waals surface area contributed by atoms with Crippen LogP contribution in [0, 0.1) is 0 Å². The summed E-state index contributed by atoms with van der Waals surface area (Å²) >= 11 is 1.55. The zero-order valence-electron chi connectivity index (χ0n) is 16.5. The van der Waals surface area contributed by atoms with Gasteiger partial charge in [-0.25, -0.2) is 4.99 Å². The lowest BCUT2D eigenvalue weighted by molar-refractivity contribution is -0.123. The van der Waals surface area contributed by atoms with E-state index in [1.165, 1.54) is 4.90 Å². The summed E-state index contributed by atoms with van der Waals surface area (Å²) in [5.41, 5.74) is 2.98. The fourth-order valence-corrected chi connectivity index (χ4v) is 4.00. The molecule has 30 heavy (non-hydrogen) atoms. The van der Waals surface area contributed by atoms with Crippen molar-refractivity contribution < 1.29 is 14.3 Å². The number of benzene rings is 2. The van der Waals surface area contributed by atoms with Gasteiger partial charge in [0.1, 0.15) is 12.3 Å². The Labute approximate surface area is 178 Å². The zero-order valence-corrected chi connectivity index (χ0v) is 17.3. The van der Waals surface area contributed by atoms with Crippen LogP contribution in [0.5, 0.6) is 5.75 Å². The third-order valence-electron chi connectivity index (χ3n) is 4.78. The molecule has 4 rings (SSSR count). The van der Waals surface area contributed by atoms with E-state index >= 15 is 0 Å². The van der Waals surface area contributed by atoms with E-state index in [1.807, 2.05) is 66.0 Å². The number of rotatable bonds is 6. The highest BCUT2D eigenvalue weighted by Crippen LogP contribution is 2.33. The molecule has 0 unspecified atom stereocenters. The summed E-state index contributed by atoms with van der Waals surface area (Å²) in [5.74, 6) is 0.348. The molecule has 3 aromatic rings. The molecule has 7 heteroatoms. The number of anilines is 1. The van der Waals surface area contributed by atoms with E-state index < -0.39 is 0 Å². The molecule has 0 atom stereocenters. The molecule has 0 spiro atoms. The van der Waals surface area contributed by atoms with E-state index in [0.717, 1.165) is 21.9 Å². The maximum atomic E-state index is 13.0. The van der Waals surface area contributed by atoms with Gasteiger partial charge in [0.05, 0.1) is 30.6 Å². The quantitative estimate of drug-likeness (QED) is 0.658. The highest BCUT2D eigenvalue weighted by atomic mass is 32.1. The smallest absolute Gasteiger partial charge is 0.240 e. The Morgan fingerprint density at radius 1 is 1.17 bits per heavy atom. The lowest BCUT2D eigenvalue weighted by Crippen LogP contribution is -2.40. The van der Waals surface area contributed by atoms with Crippen LogP contribution >= 0.6 is 11.3 Å². The second-order valence-corrected chi connectivity index (χ2v) is 7.76. The lowest BCUT2D eigenvalue weighted by Gasteiger charge is -2.22. The SMILES string of the molecule is COc1cccc(CNC(=O)CN2C(=O)CC(c3cccs3)=Nc3ccccc32)c1. The molecular weight excluding hydrogens is 398 g/mol. The number of ether oxygens (including phenoxy) is 1. The van der Waals surface area contributed by atoms with Crippen molar-refractivity contribution in [1.82, 2.24) is 5.32 Å². The van der Waals surface area contributed by atoms with Crippen molar-refractivity contribution in [2.45, 2.75) is 13.0 Å². The van der Waals surface area contributed by atoms with Gasteiger partial charge in [0.2, 0.25) is 11.8 Å².